The van der Waals surface area contributed by atoms with E-state index in [2.05, 4.69) is 18.1 Å². The van der Waals surface area contributed by atoms with E-state index in [0.717, 1.165) is 12.3 Å². The second-order valence-corrected chi connectivity index (χ2v) is 10.8. The third-order valence-corrected chi connectivity index (χ3v) is 7.72. The van der Waals surface area contributed by atoms with Gasteiger partial charge < -0.3 is 35.2 Å². The quantitative estimate of drug-likeness (QED) is 0.148. The largest absolute Gasteiger partial charge is 0.490 e. The molecule has 0 amide bonds. The lowest BCUT2D eigenvalue weighted by atomic mass is 9.96. The minimum atomic E-state index is -5.91. The molecule has 1 aliphatic rings. The zero-order valence-electron chi connectivity index (χ0n) is 15.2. The molecule has 180 valence electrons. The van der Waals surface area contributed by atoms with E-state index in [1.54, 1.807) is 0 Å². The van der Waals surface area contributed by atoms with Gasteiger partial charge in [-0.3, -0.25) is 9.09 Å². The maximum Gasteiger partial charge on any atom is 0.490 e. The number of hydrogen-bond acceptors (Lipinski definition) is 11. The fourth-order valence-corrected chi connectivity index (χ4v) is 5.68. The topological polar surface area (TPSA) is 233 Å². The van der Waals surface area contributed by atoms with E-state index < -0.39 is 58.7 Å². The van der Waals surface area contributed by atoms with Crippen LogP contribution in [0.25, 0.3) is 0 Å². The Morgan fingerprint density at radius 3 is 2.38 bits per heavy atom. The van der Waals surface area contributed by atoms with Crippen molar-refractivity contribution in [3.8, 4) is 12.3 Å². The Morgan fingerprint density at radius 2 is 1.88 bits per heavy atom. The van der Waals surface area contributed by atoms with E-state index in [1.165, 1.54) is 5.92 Å². The predicted octanol–water partition coefficient (Wildman–Crippen LogP) is 0.435. The zero-order valence-corrected chi connectivity index (χ0v) is 18.7. The summed E-state index contributed by atoms with van der Waals surface area (Å²) in [5.74, 6) is -2.30. The molecule has 0 aliphatic carbocycles. The minimum Gasteiger partial charge on any atom is -0.384 e. The van der Waals surface area contributed by atoms with Crippen molar-refractivity contribution >= 4 is 41.5 Å². The van der Waals surface area contributed by atoms with Crippen molar-refractivity contribution in [3.63, 3.8) is 0 Å². The Bertz CT molecular complexity index is 1140. The number of phosphoric acid groups is 3. The number of phosphoric ester groups is 1. The summed E-state index contributed by atoms with van der Waals surface area (Å²) >= 11 is 4.85. The van der Waals surface area contributed by atoms with Crippen LogP contribution in [0.15, 0.2) is 12.3 Å². The molecule has 1 aromatic rings. The highest BCUT2D eigenvalue weighted by atomic mass is 32.1. The molecule has 2 heterocycles. The van der Waals surface area contributed by atoms with Crippen LogP contribution in [0.2, 0.25) is 0 Å². The number of terminal acetylenes is 1. The first-order valence-electron chi connectivity index (χ1n) is 7.69. The molecule has 21 heteroatoms. The second-order valence-electron chi connectivity index (χ2n) is 5.98. The van der Waals surface area contributed by atoms with E-state index >= 15 is 8.78 Å². The van der Waals surface area contributed by atoms with Crippen molar-refractivity contribution in [1.29, 1.82) is 0 Å². The molecule has 2 rings (SSSR count). The summed E-state index contributed by atoms with van der Waals surface area (Å²) in [6, 6.07) is 1.10. The number of nitrogens with two attached hydrogens (primary N) is 1. The molecule has 0 saturated carbocycles. The first-order chi connectivity index (χ1) is 14.3. The van der Waals surface area contributed by atoms with Crippen LogP contribution in [0.4, 0.5) is 14.6 Å². The van der Waals surface area contributed by atoms with Gasteiger partial charge in [0.2, 0.25) is 10.4 Å². The second kappa shape index (κ2) is 8.90. The number of halogens is 2. The molecule has 15 nitrogen and oxygen atoms in total. The lowest BCUT2D eigenvalue weighted by Crippen LogP contribution is -2.47. The van der Waals surface area contributed by atoms with Gasteiger partial charge in [-0.15, -0.1) is 6.42 Å². The number of alkyl halides is 2. The summed E-state index contributed by atoms with van der Waals surface area (Å²) in [6.45, 7) is -1.84. The van der Waals surface area contributed by atoms with Crippen molar-refractivity contribution in [1.82, 2.24) is 9.55 Å². The Morgan fingerprint density at radius 1 is 1.28 bits per heavy atom. The van der Waals surface area contributed by atoms with Crippen LogP contribution in [0.5, 0.6) is 0 Å². The van der Waals surface area contributed by atoms with Crippen molar-refractivity contribution in [3.05, 3.63) is 17.0 Å². The van der Waals surface area contributed by atoms with Gasteiger partial charge in [0.15, 0.2) is 12.3 Å². The Labute approximate surface area is 182 Å². The third-order valence-electron chi connectivity index (χ3n) is 3.64. The van der Waals surface area contributed by atoms with Crippen LogP contribution >= 0.6 is 35.7 Å². The first kappa shape index (κ1) is 27.1. The Kier molecular flexibility index (Phi) is 7.53. The summed E-state index contributed by atoms with van der Waals surface area (Å²) in [5, 5.41) is 10.1. The van der Waals surface area contributed by atoms with Gasteiger partial charge >= 0.3 is 23.5 Å². The number of aliphatic hydroxyl groups is 1. The maximum atomic E-state index is 15.3. The highest BCUT2D eigenvalue weighted by Gasteiger charge is 2.67. The van der Waals surface area contributed by atoms with E-state index in [-0.39, 0.29) is 5.82 Å². The van der Waals surface area contributed by atoms with Crippen molar-refractivity contribution in [2.45, 2.75) is 23.9 Å². The smallest absolute Gasteiger partial charge is 0.384 e. The molecular formula is C11H14F2N3O12P3S. The molecule has 32 heavy (non-hydrogen) atoms. The van der Waals surface area contributed by atoms with Crippen LogP contribution in [0, 0.1) is 17.1 Å². The molecule has 3 unspecified atom stereocenters. The van der Waals surface area contributed by atoms with Crippen molar-refractivity contribution in [2.75, 3.05) is 12.3 Å². The summed E-state index contributed by atoms with van der Waals surface area (Å²) in [4.78, 5) is 39.0. The molecule has 0 aromatic carbocycles. The molecule has 6 atom stereocenters. The van der Waals surface area contributed by atoms with Gasteiger partial charge in [-0.05, 0) is 18.3 Å². The molecule has 0 spiro atoms. The van der Waals surface area contributed by atoms with E-state index in [9.17, 15) is 23.7 Å². The minimum absolute atomic E-state index is 0.103. The maximum absolute atomic E-state index is 15.3. The molecule has 0 radical (unpaired) electrons. The molecule has 7 N–H and O–H groups in total. The monoisotopic (exact) mass is 543 g/mol. The van der Waals surface area contributed by atoms with E-state index in [1.807, 2.05) is 0 Å². The number of nitrogen functional groups attached to an aromatic ring is 1. The Balaban J connectivity index is 2.27. The number of aliphatic hydroxyl groups excluding tert-OH is 1. The lowest BCUT2D eigenvalue weighted by Gasteiger charge is -2.25. The van der Waals surface area contributed by atoms with Crippen molar-refractivity contribution < 1.29 is 65.0 Å². The molecule has 1 aromatic heterocycles. The van der Waals surface area contributed by atoms with Crippen LogP contribution in [-0.4, -0.2) is 58.5 Å². The average molecular weight is 543 g/mol. The summed E-state index contributed by atoms with van der Waals surface area (Å²) in [6.07, 6.45) is 0.998. The van der Waals surface area contributed by atoms with Crippen LogP contribution in [0.3, 0.4) is 0 Å². The zero-order chi connectivity index (χ0) is 24.8. The molecule has 0 bridgehead atoms. The standard InChI is InChI=1S/C11H14F2N3O12P3S/c1-2-10(12)7(17)11(13,26-8(10)16-4-3-6(14)15-9(16)32)5-25-30(21,22)28-31(23,24)27-29(18,19)20/h1,3-4,7-8,17H,5H2,(H,21,22)(H,23,24)(H2,14,15,32)(H2,18,19,20)/t7-,8-,10?,11-/m1/s1. The van der Waals surface area contributed by atoms with Crippen molar-refractivity contribution in [2.24, 2.45) is 0 Å². The third kappa shape index (κ3) is 6.04. The number of nitrogens with zero attached hydrogens (tertiary/aromatic N) is 2. The number of rotatable bonds is 8. The lowest BCUT2D eigenvalue weighted by molar-refractivity contribution is -0.204. The van der Waals surface area contributed by atoms with Crippen LogP contribution in [-0.2, 0) is 31.6 Å². The fraction of sp³-hybridized carbons (Fsp3) is 0.455. The normalized spacial score (nSPS) is 32.1. The number of ether oxygens (including phenoxy) is 1. The first-order valence-corrected chi connectivity index (χ1v) is 12.6. The SMILES string of the molecule is C#CC1(F)[C@@H](O)[C@@](F)(COP(=O)(O)OP(=O)(O)OP(=O)(O)O)O[C@H]1n1ccc(N)nc1=S. The summed E-state index contributed by atoms with van der Waals surface area (Å²) in [7, 11) is -17.4. The molecule has 1 fully saturated rings. The van der Waals surface area contributed by atoms with Crippen LogP contribution < -0.4 is 5.73 Å². The average Bonchev–Trinajstić information content (AvgIpc) is 2.80. The molecule has 1 saturated heterocycles. The fourth-order valence-electron chi connectivity index (χ4n) is 2.38. The van der Waals surface area contributed by atoms with Gasteiger partial charge in [0.1, 0.15) is 12.4 Å². The number of anilines is 1. The summed E-state index contributed by atoms with van der Waals surface area (Å²) < 4.78 is 80.0. The van der Waals surface area contributed by atoms with Gasteiger partial charge in [0, 0.05) is 6.20 Å². The van der Waals surface area contributed by atoms with Gasteiger partial charge in [-0.2, -0.15) is 8.62 Å². The summed E-state index contributed by atoms with van der Waals surface area (Å²) in [5.41, 5.74) is 2.06. The Hall–Kier alpha value is -1.15. The highest BCUT2D eigenvalue weighted by molar-refractivity contribution is 7.71. The highest BCUT2D eigenvalue weighted by Crippen LogP contribution is 2.66. The number of aromatic nitrogens is 2. The van der Waals surface area contributed by atoms with Gasteiger partial charge in [0.25, 0.3) is 5.85 Å². The van der Waals surface area contributed by atoms with Crippen LogP contribution in [0.1, 0.15) is 6.23 Å². The van der Waals surface area contributed by atoms with E-state index in [0.29, 0.717) is 4.57 Å². The number of hydrogen-bond donors (Lipinski definition) is 6. The van der Waals surface area contributed by atoms with Gasteiger partial charge in [-0.1, -0.05) is 5.92 Å². The van der Waals surface area contributed by atoms with Gasteiger partial charge in [0.05, 0.1) is 0 Å². The molecular weight excluding hydrogens is 529 g/mol. The van der Waals surface area contributed by atoms with Gasteiger partial charge in [-0.25, -0.2) is 27.5 Å². The molecule has 1 aliphatic heterocycles. The predicted molar refractivity (Wildman–Crippen MR) is 99.9 cm³/mol. The van der Waals surface area contributed by atoms with E-state index in [4.69, 9.17) is 43.8 Å².